The largest absolute Gasteiger partial charge is 0.506 e. The molecule has 0 saturated carbocycles. The molecule has 90 valence electrons. The van der Waals surface area contributed by atoms with Gasteiger partial charge in [0.2, 0.25) is 0 Å². The summed E-state index contributed by atoms with van der Waals surface area (Å²) in [5, 5.41) is 13.1. The molecule has 1 aromatic rings. The van der Waals surface area contributed by atoms with Crippen molar-refractivity contribution in [3.05, 3.63) is 28.2 Å². The van der Waals surface area contributed by atoms with Crippen molar-refractivity contribution in [2.45, 2.75) is 26.4 Å². The van der Waals surface area contributed by atoms with Crippen molar-refractivity contribution in [3.8, 4) is 5.75 Å². The maximum atomic E-state index is 9.77. The predicted molar refractivity (Wildman–Crippen MR) is 68.6 cm³/mol. The molecule has 0 spiro atoms. The summed E-state index contributed by atoms with van der Waals surface area (Å²) in [5.41, 5.74) is 0.887. The number of halogens is 1. The Morgan fingerprint density at radius 2 is 2.25 bits per heavy atom. The molecule has 1 rings (SSSR count). The van der Waals surface area contributed by atoms with E-state index >= 15 is 0 Å². The molecule has 0 heterocycles. The van der Waals surface area contributed by atoms with Crippen LogP contribution in [-0.4, -0.2) is 24.4 Å². The fraction of sp³-hybridized carbons (Fsp3) is 0.500. The minimum atomic E-state index is 0.276. The minimum Gasteiger partial charge on any atom is -0.506 e. The van der Waals surface area contributed by atoms with Crippen LogP contribution in [0.1, 0.15) is 19.4 Å². The van der Waals surface area contributed by atoms with Crippen molar-refractivity contribution in [1.82, 2.24) is 5.32 Å². The van der Waals surface area contributed by atoms with Crippen LogP contribution in [0.15, 0.2) is 22.7 Å². The van der Waals surface area contributed by atoms with Crippen molar-refractivity contribution >= 4 is 15.9 Å². The monoisotopic (exact) mass is 287 g/mol. The molecule has 0 aliphatic carbocycles. The van der Waals surface area contributed by atoms with Gasteiger partial charge in [0, 0.05) is 24.8 Å². The van der Waals surface area contributed by atoms with E-state index in [4.69, 9.17) is 4.74 Å². The molecule has 16 heavy (non-hydrogen) atoms. The molecule has 3 nitrogen and oxygen atoms in total. The lowest BCUT2D eigenvalue weighted by Gasteiger charge is -2.14. The Balaban J connectivity index is 2.45. The summed E-state index contributed by atoms with van der Waals surface area (Å²) in [6, 6.07) is 5.91. The van der Waals surface area contributed by atoms with E-state index < -0.39 is 0 Å². The van der Waals surface area contributed by atoms with Gasteiger partial charge >= 0.3 is 0 Å². The minimum absolute atomic E-state index is 0.276. The van der Waals surface area contributed by atoms with Gasteiger partial charge in [-0.15, -0.1) is 0 Å². The lowest BCUT2D eigenvalue weighted by atomic mass is 10.2. The number of phenols is 1. The van der Waals surface area contributed by atoms with Crippen LogP contribution in [0.25, 0.3) is 0 Å². The first-order chi connectivity index (χ1) is 7.65. The van der Waals surface area contributed by atoms with E-state index in [2.05, 4.69) is 28.2 Å². The highest BCUT2D eigenvalue weighted by Gasteiger charge is 2.06. The highest BCUT2D eigenvalue weighted by Crippen LogP contribution is 2.27. The normalized spacial score (nSPS) is 12.7. The molecule has 4 heteroatoms. The van der Waals surface area contributed by atoms with E-state index in [0.29, 0.717) is 18.9 Å². The van der Waals surface area contributed by atoms with Gasteiger partial charge in [-0.05, 0) is 35.8 Å². The number of rotatable bonds is 6. The number of ether oxygens (including phenoxy) is 1. The molecule has 0 aliphatic rings. The van der Waals surface area contributed by atoms with Crippen molar-refractivity contribution in [3.63, 3.8) is 0 Å². The molecule has 1 unspecified atom stereocenters. The summed E-state index contributed by atoms with van der Waals surface area (Å²) in [6.07, 6.45) is 0. The Kier molecular flexibility index (Phi) is 5.80. The first kappa shape index (κ1) is 13.5. The summed E-state index contributed by atoms with van der Waals surface area (Å²) in [6.45, 7) is 6.09. The first-order valence-electron chi connectivity index (χ1n) is 5.42. The van der Waals surface area contributed by atoms with E-state index in [9.17, 15) is 5.11 Å². The molecule has 1 atom stereocenters. The third-order valence-electron chi connectivity index (χ3n) is 2.28. The van der Waals surface area contributed by atoms with Gasteiger partial charge in [0.05, 0.1) is 11.1 Å². The number of nitrogens with one attached hydrogen (secondary N) is 1. The molecule has 1 aromatic carbocycles. The van der Waals surface area contributed by atoms with Gasteiger partial charge in [0.25, 0.3) is 0 Å². The SMILES string of the molecule is CCOCC(C)NCc1cccc(Br)c1O. The topological polar surface area (TPSA) is 41.5 Å². The molecule has 0 amide bonds. The number of aromatic hydroxyl groups is 1. The number of hydrogen-bond acceptors (Lipinski definition) is 3. The van der Waals surface area contributed by atoms with Gasteiger partial charge in [0.1, 0.15) is 5.75 Å². The van der Waals surface area contributed by atoms with Gasteiger partial charge in [-0.3, -0.25) is 0 Å². The lowest BCUT2D eigenvalue weighted by molar-refractivity contribution is 0.127. The summed E-state index contributed by atoms with van der Waals surface area (Å²) in [4.78, 5) is 0. The molecule has 0 bridgehead atoms. The van der Waals surface area contributed by atoms with Crippen molar-refractivity contribution in [1.29, 1.82) is 0 Å². The second-order valence-corrected chi connectivity index (χ2v) is 4.54. The summed E-state index contributed by atoms with van der Waals surface area (Å²) in [5.74, 6) is 0.304. The van der Waals surface area contributed by atoms with E-state index in [1.807, 2.05) is 25.1 Å². The molecular weight excluding hydrogens is 270 g/mol. The molecular formula is C12H18BrNO2. The van der Waals surface area contributed by atoms with E-state index in [1.165, 1.54) is 0 Å². The zero-order valence-corrected chi connectivity index (χ0v) is 11.3. The zero-order valence-electron chi connectivity index (χ0n) is 9.66. The van der Waals surface area contributed by atoms with Gasteiger partial charge in [-0.2, -0.15) is 0 Å². The van der Waals surface area contributed by atoms with E-state index in [0.717, 1.165) is 16.6 Å². The summed E-state index contributed by atoms with van der Waals surface area (Å²) in [7, 11) is 0. The fourth-order valence-electron chi connectivity index (χ4n) is 1.34. The van der Waals surface area contributed by atoms with Crippen molar-refractivity contribution in [2.75, 3.05) is 13.2 Å². The predicted octanol–water partition coefficient (Wildman–Crippen LogP) is 2.67. The zero-order chi connectivity index (χ0) is 12.0. The van der Waals surface area contributed by atoms with Crippen molar-refractivity contribution in [2.24, 2.45) is 0 Å². The van der Waals surface area contributed by atoms with Gasteiger partial charge in [-0.1, -0.05) is 12.1 Å². The van der Waals surface area contributed by atoms with Gasteiger partial charge in [0.15, 0.2) is 0 Å². The van der Waals surface area contributed by atoms with E-state index in [1.54, 1.807) is 0 Å². The van der Waals surface area contributed by atoms with Crippen LogP contribution in [0, 0.1) is 0 Å². The quantitative estimate of drug-likeness (QED) is 0.845. The fourth-order valence-corrected chi connectivity index (χ4v) is 1.75. The number of benzene rings is 1. The molecule has 2 N–H and O–H groups in total. The average Bonchev–Trinajstić information content (AvgIpc) is 2.28. The third-order valence-corrected chi connectivity index (χ3v) is 2.92. The average molecular weight is 288 g/mol. The second-order valence-electron chi connectivity index (χ2n) is 3.69. The Bertz CT molecular complexity index is 331. The first-order valence-corrected chi connectivity index (χ1v) is 6.22. The van der Waals surface area contributed by atoms with Gasteiger partial charge in [-0.25, -0.2) is 0 Å². The Morgan fingerprint density at radius 3 is 2.94 bits per heavy atom. The van der Waals surface area contributed by atoms with E-state index in [-0.39, 0.29) is 6.04 Å². The summed E-state index contributed by atoms with van der Waals surface area (Å²) < 4.78 is 6.03. The van der Waals surface area contributed by atoms with Crippen LogP contribution < -0.4 is 5.32 Å². The van der Waals surface area contributed by atoms with Crippen LogP contribution in [0.4, 0.5) is 0 Å². The van der Waals surface area contributed by atoms with Gasteiger partial charge < -0.3 is 15.2 Å². The highest BCUT2D eigenvalue weighted by atomic mass is 79.9. The van der Waals surface area contributed by atoms with Crippen LogP contribution in [0.2, 0.25) is 0 Å². The molecule has 0 fully saturated rings. The number of para-hydroxylation sites is 1. The summed E-state index contributed by atoms with van der Waals surface area (Å²) >= 11 is 3.29. The Hall–Kier alpha value is -0.580. The second kappa shape index (κ2) is 6.89. The third kappa shape index (κ3) is 4.12. The van der Waals surface area contributed by atoms with Crippen molar-refractivity contribution < 1.29 is 9.84 Å². The maximum Gasteiger partial charge on any atom is 0.134 e. The number of phenolic OH excluding ortho intramolecular Hbond substituents is 1. The Morgan fingerprint density at radius 1 is 1.50 bits per heavy atom. The number of hydrogen-bond donors (Lipinski definition) is 2. The van der Waals surface area contributed by atoms with Crippen LogP contribution >= 0.6 is 15.9 Å². The standard InChI is InChI=1S/C12H18BrNO2/c1-3-16-8-9(2)14-7-10-5-4-6-11(13)12(10)15/h4-6,9,14-15H,3,7-8H2,1-2H3. The maximum absolute atomic E-state index is 9.77. The van der Waals surface area contributed by atoms with Crippen LogP contribution in [0.5, 0.6) is 5.75 Å². The smallest absolute Gasteiger partial charge is 0.134 e. The van der Waals surface area contributed by atoms with Crippen LogP contribution in [-0.2, 0) is 11.3 Å². The molecule has 0 radical (unpaired) electrons. The molecule has 0 aliphatic heterocycles. The molecule has 0 saturated heterocycles. The Labute approximate surface area is 105 Å². The molecule has 0 aromatic heterocycles. The van der Waals surface area contributed by atoms with Crippen LogP contribution in [0.3, 0.4) is 0 Å². The highest BCUT2D eigenvalue weighted by molar-refractivity contribution is 9.10. The lowest BCUT2D eigenvalue weighted by Crippen LogP contribution is -2.30.